The largest absolute Gasteiger partial charge is 0.365 e. The summed E-state index contributed by atoms with van der Waals surface area (Å²) in [5.41, 5.74) is 2.15. The van der Waals surface area contributed by atoms with E-state index in [1.807, 2.05) is 30.5 Å². The van der Waals surface area contributed by atoms with E-state index in [2.05, 4.69) is 15.3 Å². The second-order valence-electron chi connectivity index (χ2n) is 3.83. The second kappa shape index (κ2) is 5.84. The molecule has 2 aromatic rings. The Morgan fingerprint density at radius 1 is 1.29 bits per heavy atom. The molecule has 0 saturated heterocycles. The number of carbonyl (C=O) groups is 1. The molecule has 0 aliphatic heterocycles. The van der Waals surface area contributed by atoms with E-state index >= 15 is 0 Å². The first-order valence-corrected chi connectivity index (χ1v) is 5.62. The van der Waals surface area contributed by atoms with Gasteiger partial charge in [-0.05, 0) is 36.2 Å². The minimum atomic E-state index is 0.0661. The van der Waals surface area contributed by atoms with Gasteiger partial charge in [-0.1, -0.05) is 0 Å². The molecule has 88 valence electrons. The van der Waals surface area contributed by atoms with Crippen molar-refractivity contribution in [2.24, 2.45) is 0 Å². The summed E-state index contributed by atoms with van der Waals surface area (Å²) in [6, 6.07) is 7.71. The highest BCUT2D eigenvalue weighted by molar-refractivity contribution is 5.76. The topological polar surface area (TPSA) is 57.8 Å². The number of aromatic nitrogens is 2. The molecule has 4 heteroatoms. The Morgan fingerprint density at radius 3 is 2.82 bits per heavy atom. The molecule has 0 fully saturated rings. The lowest BCUT2D eigenvalue weighted by Gasteiger charge is -2.04. The highest BCUT2D eigenvalue weighted by Gasteiger charge is 2.02. The summed E-state index contributed by atoms with van der Waals surface area (Å²) in [5, 5.41) is 2.88. The van der Waals surface area contributed by atoms with E-state index in [-0.39, 0.29) is 5.91 Å². The summed E-state index contributed by atoms with van der Waals surface area (Å²) in [6.45, 7) is 0.562. The van der Waals surface area contributed by atoms with Gasteiger partial charge in [0.15, 0.2) is 0 Å². The number of aromatic amines is 1. The number of hydrogen-bond donors (Lipinski definition) is 2. The fraction of sp³-hybridized carbons (Fsp3) is 0.231. The van der Waals surface area contributed by atoms with Crippen LogP contribution in [0.5, 0.6) is 0 Å². The van der Waals surface area contributed by atoms with Crippen LogP contribution < -0.4 is 5.32 Å². The van der Waals surface area contributed by atoms with Crippen LogP contribution in [0, 0.1) is 0 Å². The Labute approximate surface area is 100 Å². The number of carbonyl (C=O) groups excluding carboxylic acids is 1. The maximum Gasteiger partial charge on any atom is 0.220 e. The molecular weight excluding hydrogens is 214 g/mol. The zero-order valence-corrected chi connectivity index (χ0v) is 9.52. The van der Waals surface area contributed by atoms with Crippen LogP contribution in [0.15, 0.2) is 42.9 Å². The molecule has 1 amide bonds. The van der Waals surface area contributed by atoms with Gasteiger partial charge in [-0.15, -0.1) is 0 Å². The van der Waals surface area contributed by atoms with Gasteiger partial charge in [-0.2, -0.15) is 0 Å². The molecule has 4 nitrogen and oxygen atoms in total. The standard InChI is InChI=1S/C13H15N3O/c17-13(4-3-12-2-1-7-15-12)16-10-11-5-8-14-9-6-11/h1-2,5-9,15H,3-4,10H2,(H,16,17). The van der Waals surface area contributed by atoms with Crippen molar-refractivity contribution in [3.8, 4) is 0 Å². The Hall–Kier alpha value is -2.10. The van der Waals surface area contributed by atoms with Gasteiger partial charge in [0.1, 0.15) is 0 Å². The van der Waals surface area contributed by atoms with Gasteiger partial charge in [0.05, 0.1) is 0 Å². The SMILES string of the molecule is O=C(CCc1ccc[nH]1)NCc1ccncc1. The Bertz CT molecular complexity index is 451. The van der Waals surface area contributed by atoms with Crippen LogP contribution >= 0.6 is 0 Å². The Kier molecular flexibility index (Phi) is 3.91. The lowest BCUT2D eigenvalue weighted by molar-refractivity contribution is -0.121. The highest BCUT2D eigenvalue weighted by Crippen LogP contribution is 2.00. The van der Waals surface area contributed by atoms with Gasteiger partial charge < -0.3 is 10.3 Å². The lowest BCUT2D eigenvalue weighted by Crippen LogP contribution is -2.23. The first-order chi connectivity index (χ1) is 8.34. The summed E-state index contributed by atoms with van der Waals surface area (Å²) in [5.74, 6) is 0.0661. The summed E-state index contributed by atoms with van der Waals surface area (Å²) >= 11 is 0. The third-order valence-electron chi connectivity index (χ3n) is 2.52. The van der Waals surface area contributed by atoms with Crippen molar-refractivity contribution >= 4 is 5.91 Å². The molecule has 0 atom stereocenters. The quantitative estimate of drug-likeness (QED) is 0.819. The molecule has 0 radical (unpaired) electrons. The van der Waals surface area contributed by atoms with E-state index < -0.39 is 0 Å². The van der Waals surface area contributed by atoms with E-state index in [4.69, 9.17) is 0 Å². The normalized spacial score (nSPS) is 10.1. The smallest absolute Gasteiger partial charge is 0.220 e. The van der Waals surface area contributed by atoms with Crippen molar-refractivity contribution in [2.75, 3.05) is 0 Å². The number of nitrogens with zero attached hydrogens (tertiary/aromatic N) is 1. The summed E-state index contributed by atoms with van der Waals surface area (Å²) in [4.78, 5) is 18.6. The number of hydrogen-bond acceptors (Lipinski definition) is 2. The average molecular weight is 229 g/mol. The zero-order chi connectivity index (χ0) is 11.9. The molecule has 0 unspecified atom stereocenters. The van der Waals surface area contributed by atoms with Crippen LogP contribution in [-0.4, -0.2) is 15.9 Å². The van der Waals surface area contributed by atoms with Crippen LogP contribution in [0.4, 0.5) is 0 Å². The highest BCUT2D eigenvalue weighted by atomic mass is 16.1. The molecule has 0 bridgehead atoms. The van der Waals surface area contributed by atoms with Crippen molar-refractivity contribution in [2.45, 2.75) is 19.4 Å². The van der Waals surface area contributed by atoms with Crippen LogP contribution in [-0.2, 0) is 17.8 Å². The fourth-order valence-electron chi connectivity index (χ4n) is 1.56. The van der Waals surface area contributed by atoms with E-state index in [9.17, 15) is 4.79 Å². The zero-order valence-electron chi connectivity index (χ0n) is 9.52. The van der Waals surface area contributed by atoms with E-state index in [1.165, 1.54) is 0 Å². The van der Waals surface area contributed by atoms with Crippen LogP contribution in [0.25, 0.3) is 0 Å². The molecule has 0 aromatic carbocycles. The third-order valence-corrected chi connectivity index (χ3v) is 2.52. The molecule has 2 rings (SSSR count). The number of nitrogens with one attached hydrogen (secondary N) is 2. The van der Waals surface area contributed by atoms with Crippen molar-refractivity contribution in [3.63, 3.8) is 0 Å². The molecule has 2 heterocycles. The maximum absolute atomic E-state index is 11.6. The van der Waals surface area contributed by atoms with E-state index in [1.54, 1.807) is 12.4 Å². The molecule has 2 N–H and O–H groups in total. The first-order valence-electron chi connectivity index (χ1n) is 5.62. The van der Waals surface area contributed by atoms with Crippen LogP contribution in [0.2, 0.25) is 0 Å². The predicted octanol–water partition coefficient (Wildman–Crippen LogP) is 1.66. The number of pyridine rings is 1. The minimum absolute atomic E-state index is 0.0661. The van der Waals surface area contributed by atoms with Crippen LogP contribution in [0.3, 0.4) is 0 Å². The van der Waals surface area contributed by atoms with Crippen molar-refractivity contribution in [1.82, 2.24) is 15.3 Å². The molecule has 0 aliphatic carbocycles. The summed E-state index contributed by atoms with van der Waals surface area (Å²) < 4.78 is 0. The van der Waals surface area contributed by atoms with Gasteiger partial charge >= 0.3 is 0 Å². The first kappa shape index (κ1) is 11.4. The Balaban J connectivity index is 1.71. The number of amides is 1. The van der Waals surface area contributed by atoms with Crippen molar-refractivity contribution in [1.29, 1.82) is 0 Å². The summed E-state index contributed by atoms with van der Waals surface area (Å²) in [7, 11) is 0. The third kappa shape index (κ3) is 3.75. The molecule has 0 spiro atoms. The molecule has 0 saturated carbocycles. The summed E-state index contributed by atoms with van der Waals surface area (Å²) in [6.07, 6.45) is 6.56. The predicted molar refractivity (Wildman–Crippen MR) is 65.2 cm³/mol. The van der Waals surface area contributed by atoms with Gasteiger partial charge in [-0.3, -0.25) is 9.78 Å². The minimum Gasteiger partial charge on any atom is -0.365 e. The molecule has 17 heavy (non-hydrogen) atoms. The Morgan fingerprint density at radius 2 is 2.12 bits per heavy atom. The monoisotopic (exact) mass is 229 g/mol. The number of aryl methyl sites for hydroxylation is 1. The second-order valence-corrected chi connectivity index (χ2v) is 3.83. The van der Waals surface area contributed by atoms with Crippen molar-refractivity contribution in [3.05, 3.63) is 54.1 Å². The molecule has 2 aromatic heterocycles. The lowest BCUT2D eigenvalue weighted by atomic mass is 10.2. The van der Waals surface area contributed by atoms with Gasteiger partial charge in [0, 0.05) is 37.3 Å². The van der Waals surface area contributed by atoms with E-state index in [0.717, 1.165) is 17.7 Å². The molecule has 0 aliphatic rings. The number of H-pyrrole nitrogens is 1. The van der Waals surface area contributed by atoms with Crippen molar-refractivity contribution < 1.29 is 4.79 Å². The maximum atomic E-state index is 11.6. The number of rotatable bonds is 5. The van der Waals surface area contributed by atoms with Gasteiger partial charge in [0.25, 0.3) is 0 Å². The fourth-order valence-corrected chi connectivity index (χ4v) is 1.56. The van der Waals surface area contributed by atoms with E-state index in [0.29, 0.717) is 13.0 Å². The molecular formula is C13H15N3O. The van der Waals surface area contributed by atoms with Crippen LogP contribution in [0.1, 0.15) is 17.7 Å². The van der Waals surface area contributed by atoms with Gasteiger partial charge in [0.2, 0.25) is 5.91 Å². The van der Waals surface area contributed by atoms with Gasteiger partial charge in [-0.25, -0.2) is 0 Å². The average Bonchev–Trinajstić information content (AvgIpc) is 2.88.